The van der Waals surface area contributed by atoms with Crippen molar-refractivity contribution in [1.82, 2.24) is 4.90 Å². The molecule has 3 amide bonds. The predicted molar refractivity (Wildman–Crippen MR) is 168 cm³/mol. The first kappa shape index (κ1) is 32.7. The molecule has 2 unspecified atom stereocenters. The molecule has 0 bridgehead atoms. The lowest BCUT2D eigenvalue weighted by Crippen LogP contribution is -2.38. The summed E-state index contributed by atoms with van der Waals surface area (Å²) in [7, 11) is 4.74. The van der Waals surface area contributed by atoms with Crippen molar-refractivity contribution in [1.29, 1.82) is 0 Å². The number of nitrogens with zero attached hydrogens (tertiary/aromatic N) is 1. The number of anilines is 2. The SMILES string of the molecule is C=C(O)CC(c1ccc(OC)c(OC)c1)N(C)C(=O)C(CC(=O)Nc1ccc(NC(=O)c2ccccc2)cc1)CC(C)C. The lowest BCUT2D eigenvalue weighted by molar-refractivity contribution is -0.139. The number of carbonyl (C=O) groups excluding carboxylic acids is 3. The van der Waals surface area contributed by atoms with Crippen LogP contribution in [-0.2, 0) is 9.59 Å². The summed E-state index contributed by atoms with van der Waals surface area (Å²) in [6.07, 6.45) is 0.595. The molecule has 0 fully saturated rings. The molecule has 0 aliphatic rings. The zero-order chi connectivity index (χ0) is 31.5. The van der Waals surface area contributed by atoms with Crippen molar-refractivity contribution in [3.05, 3.63) is 96.3 Å². The molecule has 0 spiro atoms. The van der Waals surface area contributed by atoms with E-state index in [-0.39, 0.29) is 42.2 Å². The summed E-state index contributed by atoms with van der Waals surface area (Å²) in [4.78, 5) is 40.9. The van der Waals surface area contributed by atoms with Gasteiger partial charge in [-0.15, -0.1) is 0 Å². The van der Waals surface area contributed by atoms with Crippen LogP contribution in [0.15, 0.2) is 85.1 Å². The Morgan fingerprint density at radius 3 is 2.02 bits per heavy atom. The number of ether oxygens (including phenoxy) is 2. The topological polar surface area (TPSA) is 117 Å². The number of rotatable bonds is 14. The third-order valence-corrected chi connectivity index (χ3v) is 7.04. The van der Waals surface area contributed by atoms with Crippen LogP contribution < -0.4 is 20.1 Å². The van der Waals surface area contributed by atoms with E-state index in [4.69, 9.17) is 9.47 Å². The normalized spacial score (nSPS) is 12.1. The minimum absolute atomic E-state index is 0.0213. The molecule has 9 nitrogen and oxygen atoms in total. The Morgan fingerprint density at radius 2 is 1.47 bits per heavy atom. The van der Waals surface area contributed by atoms with Crippen molar-refractivity contribution < 1.29 is 29.0 Å². The molecule has 0 aliphatic heterocycles. The molecule has 3 rings (SSSR count). The molecule has 43 heavy (non-hydrogen) atoms. The molecule has 2 atom stereocenters. The Morgan fingerprint density at radius 1 is 0.860 bits per heavy atom. The van der Waals surface area contributed by atoms with E-state index in [0.717, 1.165) is 5.56 Å². The van der Waals surface area contributed by atoms with Crippen LogP contribution >= 0.6 is 0 Å². The molecule has 9 heteroatoms. The van der Waals surface area contributed by atoms with Gasteiger partial charge < -0.3 is 30.1 Å². The molecule has 3 aromatic carbocycles. The minimum Gasteiger partial charge on any atom is -0.513 e. The second-order valence-corrected chi connectivity index (χ2v) is 10.8. The quantitative estimate of drug-likeness (QED) is 0.183. The van der Waals surface area contributed by atoms with Gasteiger partial charge in [0.05, 0.1) is 26.0 Å². The molecule has 0 aromatic heterocycles. The Bertz CT molecular complexity index is 1410. The van der Waals surface area contributed by atoms with E-state index in [0.29, 0.717) is 34.9 Å². The molecule has 3 aromatic rings. The lowest BCUT2D eigenvalue weighted by Gasteiger charge is -2.32. The van der Waals surface area contributed by atoms with Gasteiger partial charge in [0.15, 0.2) is 11.5 Å². The van der Waals surface area contributed by atoms with Crippen LogP contribution in [0.5, 0.6) is 11.5 Å². The Hall–Kier alpha value is -4.79. The summed E-state index contributed by atoms with van der Waals surface area (Å²) in [5, 5.41) is 15.8. The van der Waals surface area contributed by atoms with Gasteiger partial charge in [-0.05, 0) is 66.4 Å². The maximum absolute atomic E-state index is 13.8. The van der Waals surface area contributed by atoms with Crippen molar-refractivity contribution >= 4 is 29.1 Å². The molecule has 0 saturated heterocycles. The number of nitrogens with one attached hydrogen (secondary N) is 2. The summed E-state index contributed by atoms with van der Waals surface area (Å²) in [5.74, 6) is -0.208. The van der Waals surface area contributed by atoms with Crippen LogP contribution in [-0.4, -0.2) is 49.0 Å². The maximum Gasteiger partial charge on any atom is 0.255 e. The number of amides is 3. The summed E-state index contributed by atoms with van der Waals surface area (Å²) < 4.78 is 10.8. The zero-order valence-electron chi connectivity index (χ0n) is 25.4. The summed E-state index contributed by atoms with van der Waals surface area (Å²) >= 11 is 0. The lowest BCUT2D eigenvalue weighted by atomic mass is 9.91. The van der Waals surface area contributed by atoms with E-state index >= 15 is 0 Å². The summed E-state index contributed by atoms with van der Waals surface area (Å²) in [6, 6.07) is 20.5. The highest BCUT2D eigenvalue weighted by atomic mass is 16.5. The fourth-order valence-electron chi connectivity index (χ4n) is 4.91. The fourth-order valence-corrected chi connectivity index (χ4v) is 4.91. The van der Waals surface area contributed by atoms with Gasteiger partial charge in [-0.3, -0.25) is 14.4 Å². The van der Waals surface area contributed by atoms with Gasteiger partial charge in [0.25, 0.3) is 5.91 Å². The molecule has 0 radical (unpaired) electrons. The van der Waals surface area contributed by atoms with Crippen molar-refractivity contribution in [2.75, 3.05) is 31.9 Å². The van der Waals surface area contributed by atoms with Gasteiger partial charge in [0.2, 0.25) is 11.8 Å². The van der Waals surface area contributed by atoms with E-state index in [1.807, 2.05) is 26.0 Å². The van der Waals surface area contributed by atoms with Gasteiger partial charge in [-0.2, -0.15) is 0 Å². The van der Waals surface area contributed by atoms with Gasteiger partial charge in [-0.1, -0.05) is 44.7 Å². The zero-order valence-corrected chi connectivity index (χ0v) is 25.4. The largest absolute Gasteiger partial charge is 0.513 e. The average molecular weight is 588 g/mol. The number of aliphatic hydroxyl groups is 1. The molecule has 0 heterocycles. The Labute approximate surface area is 253 Å². The minimum atomic E-state index is -0.593. The molecular weight excluding hydrogens is 546 g/mol. The third-order valence-electron chi connectivity index (χ3n) is 7.04. The van der Waals surface area contributed by atoms with Crippen LogP contribution in [0.3, 0.4) is 0 Å². The highest BCUT2D eigenvalue weighted by Gasteiger charge is 2.31. The second kappa shape index (κ2) is 15.4. The van der Waals surface area contributed by atoms with Gasteiger partial charge in [0.1, 0.15) is 0 Å². The highest BCUT2D eigenvalue weighted by molar-refractivity contribution is 6.04. The molecule has 228 valence electrons. The monoisotopic (exact) mass is 587 g/mol. The molecule has 0 saturated carbocycles. The van der Waals surface area contributed by atoms with E-state index < -0.39 is 12.0 Å². The molecular formula is C34H41N3O6. The Balaban J connectivity index is 1.72. The fraction of sp³-hybridized carbons (Fsp3) is 0.324. The smallest absolute Gasteiger partial charge is 0.255 e. The third kappa shape index (κ3) is 9.36. The number of hydrogen-bond acceptors (Lipinski definition) is 6. The molecule has 0 aliphatic carbocycles. The van der Waals surface area contributed by atoms with Crippen LogP contribution in [0, 0.1) is 11.8 Å². The van der Waals surface area contributed by atoms with Gasteiger partial charge in [0, 0.05) is 42.7 Å². The summed E-state index contributed by atoms with van der Waals surface area (Å²) in [5.41, 5.74) is 2.41. The number of hydrogen-bond donors (Lipinski definition) is 3. The van der Waals surface area contributed by atoms with Crippen LogP contribution in [0.25, 0.3) is 0 Å². The number of carbonyl (C=O) groups is 3. The Kier molecular flexibility index (Phi) is 11.8. The number of benzene rings is 3. The maximum atomic E-state index is 13.8. The van der Waals surface area contributed by atoms with Crippen LogP contribution in [0.2, 0.25) is 0 Å². The predicted octanol–water partition coefficient (Wildman–Crippen LogP) is 6.61. The standard InChI is InChI=1S/C34H41N3O6/c1-22(2)18-26(34(41)37(4)29(19-23(3)38)25-12-17-30(42-5)31(20-25)43-6)21-32(39)35-27-13-15-28(16-14-27)36-33(40)24-10-8-7-9-11-24/h7-17,20,22,26,29,38H,3,18-19,21H2,1-2,4-6H3,(H,35,39)(H,36,40). The first-order valence-corrected chi connectivity index (χ1v) is 14.1. The highest BCUT2D eigenvalue weighted by Crippen LogP contribution is 2.35. The van der Waals surface area contributed by atoms with E-state index in [2.05, 4.69) is 17.2 Å². The van der Waals surface area contributed by atoms with Crippen molar-refractivity contribution in [2.45, 2.75) is 39.2 Å². The number of methoxy groups -OCH3 is 2. The van der Waals surface area contributed by atoms with Crippen LogP contribution in [0.1, 0.15) is 55.1 Å². The van der Waals surface area contributed by atoms with Crippen molar-refractivity contribution in [3.8, 4) is 11.5 Å². The van der Waals surface area contributed by atoms with E-state index in [1.165, 1.54) is 7.11 Å². The van der Waals surface area contributed by atoms with E-state index in [9.17, 15) is 19.5 Å². The average Bonchev–Trinajstić information content (AvgIpc) is 2.99. The first-order valence-electron chi connectivity index (χ1n) is 14.1. The second-order valence-electron chi connectivity index (χ2n) is 10.8. The van der Waals surface area contributed by atoms with Crippen LogP contribution in [0.4, 0.5) is 11.4 Å². The van der Waals surface area contributed by atoms with Gasteiger partial charge in [-0.25, -0.2) is 0 Å². The number of aliphatic hydroxyl groups excluding tert-OH is 1. The molecule has 3 N–H and O–H groups in total. The summed E-state index contributed by atoms with van der Waals surface area (Å²) in [6.45, 7) is 7.64. The van der Waals surface area contributed by atoms with Gasteiger partial charge >= 0.3 is 0 Å². The van der Waals surface area contributed by atoms with Crippen molar-refractivity contribution in [3.63, 3.8) is 0 Å². The first-order chi connectivity index (χ1) is 20.5. The van der Waals surface area contributed by atoms with Crippen molar-refractivity contribution in [2.24, 2.45) is 11.8 Å². The van der Waals surface area contributed by atoms with E-state index in [1.54, 1.807) is 79.7 Å².